The monoisotopic (exact) mass is 1040 g/mol. The first-order valence-corrected chi connectivity index (χ1v) is 24.6. The number of rotatable bonds is 10. The van der Waals surface area contributed by atoms with Crippen LogP contribution in [0.2, 0.25) is 10.0 Å². The SMILES string of the molecule is CC(C)C[C@@H]1NC(=O)[C@@H](N(C)C(=O)C(NC(=O)[C@@H]2C[C@@H](F)CN2C(=O)C2(C(F)(F)F)CC3(CC(F)(F)C3)C2)C2CC2)CCCCNC(=O)[C@H]2C[C@@H](F)CN2C(=O)[C@H](Cc2cc(Cl)ccc2Cl)N(C)C1=O. The smallest absolute Gasteiger partial charge is 0.354 e. The maximum atomic E-state index is 15.1. The van der Waals surface area contributed by atoms with Gasteiger partial charge in [-0.3, -0.25) is 33.6 Å². The van der Waals surface area contributed by atoms with Gasteiger partial charge in [-0.15, -0.1) is 0 Å². The molecule has 7 amide bonds. The van der Waals surface area contributed by atoms with Crippen LogP contribution < -0.4 is 16.0 Å². The van der Waals surface area contributed by atoms with E-state index in [2.05, 4.69) is 16.0 Å². The fourth-order valence-electron chi connectivity index (χ4n) is 11.4. The number of nitrogens with zero attached hydrogens (tertiary/aromatic N) is 4. The zero-order valence-electron chi connectivity index (χ0n) is 39.4. The van der Waals surface area contributed by atoms with Gasteiger partial charge in [-0.05, 0) is 92.4 Å². The van der Waals surface area contributed by atoms with Crippen LogP contribution in [-0.2, 0) is 40.0 Å². The van der Waals surface area contributed by atoms with E-state index in [4.69, 9.17) is 23.2 Å². The second-order valence-electron chi connectivity index (χ2n) is 21.0. The summed E-state index contributed by atoms with van der Waals surface area (Å²) in [6.07, 6.45) is -12.0. The van der Waals surface area contributed by atoms with Crippen molar-refractivity contribution in [3.8, 4) is 0 Å². The first kappa shape index (κ1) is 53.4. The largest absolute Gasteiger partial charge is 0.403 e. The normalized spacial score (nSPS) is 29.7. The third kappa shape index (κ3) is 11.0. The summed E-state index contributed by atoms with van der Waals surface area (Å²) in [7, 11) is 2.64. The van der Waals surface area contributed by atoms with Crippen molar-refractivity contribution in [2.75, 3.05) is 33.7 Å². The van der Waals surface area contributed by atoms with Crippen molar-refractivity contribution >= 4 is 64.6 Å². The summed E-state index contributed by atoms with van der Waals surface area (Å²) in [5.74, 6) is -10.2. The molecule has 6 fully saturated rings. The number of carbonyl (C=O) groups excluding carboxylic acids is 7. The van der Waals surface area contributed by atoms with Gasteiger partial charge in [0.15, 0.2) is 0 Å². The topological polar surface area (TPSA) is 169 Å². The van der Waals surface area contributed by atoms with Crippen LogP contribution >= 0.6 is 23.2 Å². The van der Waals surface area contributed by atoms with Gasteiger partial charge < -0.3 is 35.6 Å². The van der Waals surface area contributed by atoms with Gasteiger partial charge in [0.05, 0.1) is 13.1 Å². The van der Waals surface area contributed by atoms with Crippen molar-refractivity contribution < 1.29 is 64.3 Å². The lowest BCUT2D eigenvalue weighted by molar-refractivity contribution is -0.314. The van der Waals surface area contributed by atoms with E-state index >= 15 is 8.78 Å². The molecule has 3 saturated carbocycles. The molecule has 1 unspecified atom stereocenters. The highest BCUT2D eigenvalue weighted by atomic mass is 35.5. The van der Waals surface area contributed by atoms with Gasteiger partial charge in [0, 0.05) is 62.8 Å². The predicted molar refractivity (Wildman–Crippen MR) is 241 cm³/mol. The number of likely N-dealkylation sites (N-methyl/N-ethyl adjacent to an activating group) is 2. The van der Waals surface area contributed by atoms with Crippen LogP contribution in [0.15, 0.2) is 18.2 Å². The quantitative estimate of drug-likeness (QED) is 0.259. The molecule has 1 spiro atoms. The fraction of sp³-hybridized carbons (Fsp3) is 0.723. The highest BCUT2D eigenvalue weighted by Gasteiger charge is 2.77. The summed E-state index contributed by atoms with van der Waals surface area (Å²) in [4.78, 5) is 104. The summed E-state index contributed by atoms with van der Waals surface area (Å²) in [6.45, 7) is 2.36. The minimum atomic E-state index is -5.18. The molecule has 0 aromatic heterocycles. The second kappa shape index (κ2) is 20.2. The van der Waals surface area contributed by atoms with E-state index in [-0.39, 0.29) is 61.0 Å². The Hall–Kier alpha value is -4.40. The molecule has 1 aromatic rings. The van der Waals surface area contributed by atoms with Crippen molar-refractivity contribution in [1.29, 1.82) is 0 Å². The molecule has 3 heterocycles. The number of fused-ring (bicyclic) bond motifs is 1. The van der Waals surface area contributed by atoms with Gasteiger partial charge in [0.2, 0.25) is 47.3 Å². The van der Waals surface area contributed by atoms with Crippen LogP contribution in [0.3, 0.4) is 0 Å². The number of halogens is 9. The van der Waals surface area contributed by atoms with E-state index in [1.807, 2.05) is 0 Å². The van der Waals surface area contributed by atoms with Crippen LogP contribution in [0.5, 0.6) is 0 Å². The Kier molecular flexibility index (Phi) is 15.4. The summed E-state index contributed by atoms with van der Waals surface area (Å²) in [5.41, 5.74) is -4.11. The van der Waals surface area contributed by atoms with E-state index in [9.17, 15) is 55.5 Å². The lowest BCUT2D eigenvalue weighted by atomic mass is 9.43. The van der Waals surface area contributed by atoms with Gasteiger partial charge >= 0.3 is 6.18 Å². The van der Waals surface area contributed by atoms with Crippen LogP contribution in [0.25, 0.3) is 0 Å². The molecule has 3 N–H and O–H groups in total. The Bertz CT molecular complexity index is 2220. The fourth-order valence-corrected chi connectivity index (χ4v) is 11.8. The number of hydrogen-bond donors (Lipinski definition) is 3. The molecular weight excluding hydrogens is 978 g/mol. The molecule has 0 bridgehead atoms. The van der Waals surface area contributed by atoms with Crippen LogP contribution in [0, 0.1) is 22.7 Å². The van der Waals surface area contributed by atoms with E-state index in [0.717, 1.165) is 14.7 Å². The standard InChI is InChI=1S/C47H60Cl2F7N7O7/c1-24(2)13-31-40(67)61(4)35(15-26-14-27(48)10-11-30(26)49)41(68)62-18-28(50)16-33(62)37(64)57-12-6-5-7-32(38(65)58-31)60(3)42(69)36(25-8-9-25)59-39(66)34-17-29(51)19-63(34)43(70)45(47(54,55)56)20-44(21-45)22-46(52,53)23-44/h10-11,14,24-25,28-29,31-36H,5-9,12-13,15-23H2,1-4H3,(H,57,64)(H,58,65)(H,59,66)/t28-,29-,31+,32+,33-,34+,35+,36?/m1/s1. The van der Waals surface area contributed by atoms with Gasteiger partial charge in [-0.25, -0.2) is 17.6 Å². The first-order chi connectivity index (χ1) is 32.7. The van der Waals surface area contributed by atoms with Gasteiger partial charge in [0.25, 0.3) is 0 Å². The number of benzene rings is 1. The Morgan fingerprint density at radius 2 is 1.57 bits per heavy atom. The molecule has 70 heavy (non-hydrogen) atoms. The Balaban J connectivity index is 1.13. The Morgan fingerprint density at radius 1 is 0.914 bits per heavy atom. The number of carbonyl (C=O) groups is 7. The first-order valence-electron chi connectivity index (χ1n) is 23.9. The summed E-state index contributed by atoms with van der Waals surface area (Å²) in [5, 5.41) is 8.57. The molecule has 1 aromatic carbocycles. The third-order valence-corrected chi connectivity index (χ3v) is 15.6. The van der Waals surface area contributed by atoms with Gasteiger partial charge in [0.1, 0.15) is 54.0 Å². The molecule has 3 saturated heterocycles. The number of hydrogen-bond acceptors (Lipinski definition) is 7. The Labute approximate surface area is 411 Å². The van der Waals surface area contributed by atoms with E-state index in [0.29, 0.717) is 23.3 Å². The summed E-state index contributed by atoms with van der Waals surface area (Å²) >= 11 is 12.8. The van der Waals surface area contributed by atoms with Crippen molar-refractivity contribution in [3.63, 3.8) is 0 Å². The Morgan fingerprint density at radius 3 is 2.19 bits per heavy atom. The lowest BCUT2D eigenvalue weighted by Gasteiger charge is -2.62. The highest BCUT2D eigenvalue weighted by Crippen LogP contribution is 2.73. The maximum absolute atomic E-state index is 15.1. The zero-order chi connectivity index (χ0) is 51.4. The highest BCUT2D eigenvalue weighted by molar-refractivity contribution is 6.33. The van der Waals surface area contributed by atoms with Crippen LogP contribution in [0.4, 0.5) is 30.7 Å². The summed E-state index contributed by atoms with van der Waals surface area (Å²) < 4.78 is 102. The second-order valence-corrected chi connectivity index (χ2v) is 21.8. The van der Waals surface area contributed by atoms with Gasteiger partial charge in [-0.1, -0.05) is 37.0 Å². The number of nitrogens with one attached hydrogen (secondary N) is 3. The van der Waals surface area contributed by atoms with Gasteiger partial charge in [-0.2, -0.15) is 13.2 Å². The number of alkyl halides is 7. The number of likely N-dealkylation sites (tertiary alicyclic amines) is 1. The van der Waals surface area contributed by atoms with Crippen LogP contribution in [-0.4, -0.2) is 155 Å². The number of amides is 7. The molecule has 0 radical (unpaired) electrons. The molecule has 14 nitrogen and oxygen atoms in total. The van der Waals surface area contributed by atoms with E-state index in [1.54, 1.807) is 13.8 Å². The van der Waals surface area contributed by atoms with E-state index in [1.165, 1.54) is 32.3 Å². The van der Waals surface area contributed by atoms with Crippen molar-refractivity contribution in [2.45, 2.75) is 158 Å². The molecule has 8 atom stereocenters. The predicted octanol–water partition coefficient (Wildman–Crippen LogP) is 5.55. The molecular formula is C47H60Cl2F7N7O7. The average Bonchev–Trinajstić information content (AvgIpc) is 3.91. The van der Waals surface area contributed by atoms with Crippen molar-refractivity contribution in [3.05, 3.63) is 33.8 Å². The van der Waals surface area contributed by atoms with Crippen LogP contribution in [0.1, 0.15) is 96.5 Å². The third-order valence-electron chi connectivity index (χ3n) is 15.0. The molecule has 3 aliphatic heterocycles. The molecule has 23 heteroatoms. The van der Waals surface area contributed by atoms with Crippen molar-refractivity contribution in [1.82, 2.24) is 35.6 Å². The maximum Gasteiger partial charge on any atom is 0.403 e. The average molecular weight is 1040 g/mol. The molecule has 7 rings (SSSR count). The minimum absolute atomic E-state index is 0.0340. The molecule has 6 aliphatic rings. The van der Waals surface area contributed by atoms with Crippen molar-refractivity contribution in [2.24, 2.45) is 22.7 Å². The molecule has 3 aliphatic carbocycles. The summed E-state index contributed by atoms with van der Waals surface area (Å²) in [6, 6.07) is -3.78. The van der Waals surface area contributed by atoms with E-state index < -0.39 is 164 Å². The zero-order valence-corrected chi connectivity index (χ0v) is 40.9. The molecule has 388 valence electrons. The minimum Gasteiger partial charge on any atom is -0.354 e. The lowest BCUT2D eigenvalue weighted by Crippen LogP contribution is -2.68.